The Balaban J connectivity index is 1.48. The number of hydrogen-bond donors (Lipinski definition) is 1. The Labute approximate surface area is 132 Å². The number of imide groups is 1. The molecule has 2 aliphatic carbocycles. The van der Waals surface area contributed by atoms with Crippen LogP contribution in [0.5, 0.6) is 0 Å². The van der Waals surface area contributed by atoms with E-state index in [0.717, 1.165) is 25.3 Å². The van der Waals surface area contributed by atoms with E-state index in [9.17, 15) is 9.59 Å². The van der Waals surface area contributed by atoms with Crippen LogP contribution in [-0.2, 0) is 9.59 Å². The molecule has 120 valence electrons. The fourth-order valence-electron chi connectivity index (χ4n) is 5.29. The second kappa shape index (κ2) is 5.80. The molecule has 0 aromatic carbocycles. The van der Waals surface area contributed by atoms with Crippen LogP contribution in [0.4, 0.5) is 0 Å². The van der Waals surface area contributed by atoms with Gasteiger partial charge in [-0.1, -0.05) is 18.6 Å². The number of quaternary nitrogens is 1. The van der Waals surface area contributed by atoms with E-state index in [0.29, 0.717) is 12.7 Å². The van der Waals surface area contributed by atoms with Crippen LogP contribution in [0, 0.1) is 17.8 Å². The molecule has 2 heterocycles. The van der Waals surface area contributed by atoms with Gasteiger partial charge in [0.1, 0.15) is 0 Å². The van der Waals surface area contributed by atoms with Crippen molar-refractivity contribution in [2.75, 3.05) is 13.2 Å². The van der Waals surface area contributed by atoms with Crippen LogP contribution in [0.2, 0.25) is 0 Å². The maximum absolute atomic E-state index is 12.6. The number of nitrogens with zero attached hydrogens (tertiary/aromatic N) is 1. The van der Waals surface area contributed by atoms with Crippen molar-refractivity contribution in [3.05, 3.63) is 12.2 Å². The third kappa shape index (κ3) is 2.32. The highest BCUT2D eigenvalue weighted by atomic mass is 16.2. The van der Waals surface area contributed by atoms with Crippen LogP contribution in [0.3, 0.4) is 0 Å². The first-order valence-electron chi connectivity index (χ1n) is 9.10. The lowest BCUT2D eigenvalue weighted by molar-refractivity contribution is -0.942. The fourth-order valence-corrected chi connectivity index (χ4v) is 5.29. The van der Waals surface area contributed by atoms with Crippen molar-refractivity contribution in [1.82, 2.24) is 4.90 Å². The van der Waals surface area contributed by atoms with Crippen LogP contribution < -0.4 is 4.90 Å². The molecule has 0 aromatic heterocycles. The van der Waals surface area contributed by atoms with Crippen molar-refractivity contribution in [2.45, 2.75) is 57.4 Å². The van der Waals surface area contributed by atoms with E-state index < -0.39 is 0 Å². The van der Waals surface area contributed by atoms with Crippen LogP contribution in [-0.4, -0.2) is 36.0 Å². The quantitative estimate of drug-likeness (QED) is 0.614. The Morgan fingerprint density at radius 3 is 2.32 bits per heavy atom. The Morgan fingerprint density at radius 2 is 1.59 bits per heavy atom. The van der Waals surface area contributed by atoms with Crippen molar-refractivity contribution in [3.63, 3.8) is 0 Å². The molecule has 1 saturated carbocycles. The fraction of sp³-hybridized carbons (Fsp3) is 0.778. The van der Waals surface area contributed by atoms with Gasteiger partial charge in [0.2, 0.25) is 11.8 Å². The van der Waals surface area contributed by atoms with Gasteiger partial charge in [-0.05, 0) is 44.9 Å². The van der Waals surface area contributed by atoms with Crippen LogP contribution in [0.25, 0.3) is 0 Å². The van der Waals surface area contributed by atoms with Gasteiger partial charge in [0, 0.05) is 5.92 Å². The number of fused-ring (bicyclic) bond motifs is 2. The first kappa shape index (κ1) is 14.4. The highest BCUT2D eigenvalue weighted by Gasteiger charge is 2.49. The number of amides is 2. The average Bonchev–Trinajstić information content (AvgIpc) is 2.81. The molecular weight excluding hydrogens is 276 g/mol. The van der Waals surface area contributed by atoms with E-state index in [2.05, 4.69) is 12.2 Å². The second-order valence-corrected chi connectivity index (χ2v) is 7.62. The van der Waals surface area contributed by atoms with Crippen molar-refractivity contribution in [1.29, 1.82) is 0 Å². The van der Waals surface area contributed by atoms with Gasteiger partial charge in [-0.15, -0.1) is 0 Å². The number of piperidine rings is 1. The molecule has 4 nitrogen and oxygen atoms in total. The van der Waals surface area contributed by atoms with E-state index in [-0.39, 0.29) is 23.7 Å². The second-order valence-electron chi connectivity index (χ2n) is 7.62. The molecule has 1 unspecified atom stereocenters. The van der Waals surface area contributed by atoms with Crippen LogP contribution >= 0.6 is 0 Å². The van der Waals surface area contributed by atoms with Crippen molar-refractivity contribution < 1.29 is 14.5 Å². The van der Waals surface area contributed by atoms with Gasteiger partial charge in [0.05, 0.1) is 24.4 Å². The van der Waals surface area contributed by atoms with Crippen molar-refractivity contribution in [3.8, 4) is 0 Å². The van der Waals surface area contributed by atoms with Gasteiger partial charge < -0.3 is 4.90 Å². The topological polar surface area (TPSA) is 41.8 Å². The van der Waals surface area contributed by atoms with Crippen LogP contribution in [0.1, 0.15) is 51.4 Å². The summed E-state index contributed by atoms with van der Waals surface area (Å²) in [6.07, 6.45) is 13.6. The first-order chi connectivity index (χ1) is 10.8. The molecule has 2 saturated heterocycles. The number of carbonyl (C=O) groups excluding carboxylic acids is 2. The number of carbonyl (C=O) groups is 2. The summed E-state index contributed by atoms with van der Waals surface area (Å²) in [5, 5.41) is 0. The summed E-state index contributed by atoms with van der Waals surface area (Å²) in [5.41, 5.74) is 0. The summed E-state index contributed by atoms with van der Waals surface area (Å²) in [5.74, 6) is 0.900. The number of hydrogen-bond acceptors (Lipinski definition) is 2. The molecular formula is C18H27N2O2+. The number of rotatable bonds is 2. The number of allylic oxidation sites excluding steroid dienone is 2. The predicted molar refractivity (Wildman–Crippen MR) is 82.9 cm³/mol. The Bertz CT molecular complexity index is 473. The van der Waals surface area contributed by atoms with Gasteiger partial charge in [-0.2, -0.15) is 0 Å². The summed E-state index contributed by atoms with van der Waals surface area (Å²) >= 11 is 0. The molecule has 0 aromatic rings. The SMILES string of the molecule is O=C1[C@H]2CC=CC[C@H]2C(=O)N1C[NH+]1CCC[C@@H]2CCCC[C@@H]21. The molecule has 22 heavy (non-hydrogen) atoms. The highest BCUT2D eigenvalue weighted by Crippen LogP contribution is 2.35. The van der Waals surface area contributed by atoms with Gasteiger partial charge in [0.15, 0.2) is 6.67 Å². The average molecular weight is 303 g/mol. The summed E-state index contributed by atoms with van der Waals surface area (Å²) < 4.78 is 0. The molecule has 1 N–H and O–H groups in total. The summed E-state index contributed by atoms with van der Waals surface area (Å²) in [6.45, 7) is 1.76. The predicted octanol–water partition coefficient (Wildman–Crippen LogP) is 1.13. The molecule has 5 atom stereocenters. The summed E-state index contributed by atoms with van der Waals surface area (Å²) in [6, 6.07) is 0.684. The standard InChI is InChI=1S/C18H26N2O2/c21-17-14-8-2-3-9-15(14)18(22)20(17)12-19-11-5-7-13-6-1-4-10-16(13)19/h2-3,13-16H,1,4-12H2/p+1/t13-,14-,15+,16-/m0/s1. The Kier molecular flexibility index (Phi) is 3.81. The lowest BCUT2D eigenvalue weighted by atomic mass is 9.78. The molecule has 0 bridgehead atoms. The van der Waals surface area contributed by atoms with Crippen molar-refractivity contribution >= 4 is 11.8 Å². The maximum Gasteiger partial charge on any atom is 0.237 e. The molecule has 4 rings (SSSR count). The van der Waals surface area contributed by atoms with Gasteiger partial charge in [-0.3, -0.25) is 9.59 Å². The molecule has 0 spiro atoms. The Morgan fingerprint density at radius 1 is 0.955 bits per heavy atom. The molecule has 2 aliphatic heterocycles. The number of nitrogens with one attached hydrogen (secondary N) is 1. The zero-order valence-electron chi connectivity index (χ0n) is 13.3. The smallest absolute Gasteiger partial charge is 0.237 e. The maximum atomic E-state index is 12.6. The monoisotopic (exact) mass is 303 g/mol. The third-order valence-corrected chi connectivity index (χ3v) is 6.47. The normalized spacial score (nSPS) is 41.5. The molecule has 3 fully saturated rings. The van der Waals surface area contributed by atoms with Gasteiger partial charge in [0.25, 0.3) is 0 Å². The lowest BCUT2D eigenvalue weighted by Gasteiger charge is -2.42. The molecule has 4 aliphatic rings. The third-order valence-electron chi connectivity index (χ3n) is 6.47. The summed E-state index contributed by atoms with van der Waals surface area (Å²) in [4.78, 5) is 28.4. The first-order valence-corrected chi connectivity index (χ1v) is 9.10. The minimum Gasteiger partial charge on any atom is -0.315 e. The lowest BCUT2D eigenvalue weighted by Crippen LogP contribution is -3.19. The van der Waals surface area contributed by atoms with E-state index >= 15 is 0 Å². The van der Waals surface area contributed by atoms with E-state index in [4.69, 9.17) is 0 Å². The molecule has 0 radical (unpaired) electrons. The van der Waals surface area contributed by atoms with Gasteiger partial charge >= 0.3 is 0 Å². The minimum absolute atomic E-state index is 0.0659. The highest BCUT2D eigenvalue weighted by molar-refractivity contribution is 6.05. The number of likely N-dealkylation sites (tertiary alicyclic amines) is 2. The zero-order chi connectivity index (χ0) is 15.1. The largest absolute Gasteiger partial charge is 0.315 e. The minimum atomic E-state index is -0.0659. The zero-order valence-corrected chi connectivity index (χ0v) is 13.3. The van der Waals surface area contributed by atoms with Crippen LogP contribution in [0.15, 0.2) is 12.2 Å². The summed E-state index contributed by atoms with van der Waals surface area (Å²) in [7, 11) is 0. The van der Waals surface area contributed by atoms with Gasteiger partial charge in [-0.25, -0.2) is 4.90 Å². The molecule has 4 heteroatoms. The molecule has 2 amide bonds. The Hall–Kier alpha value is -1.16. The van der Waals surface area contributed by atoms with E-state index in [1.54, 1.807) is 4.90 Å². The van der Waals surface area contributed by atoms with E-state index in [1.807, 2.05) is 0 Å². The van der Waals surface area contributed by atoms with Crippen molar-refractivity contribution in [2.24, 2.45) is 17.8 Å². The van der Waals surface area contributed by atoms with E-state index in [1.165, 1.54) is 43.4 Å².